The Balaban J connectivity index is 2.05. The molecule has 0 aliphatic carbocycles. The lowest BCUT2D eigenvalue weighted by atomic mass is 10.2. The van der Waals surface area contributed by atoms with E-state index in [0.29, 0.717) is 5.69 Å². The summed E-state index contributed by atoms with van der Waals surface area (Å²) < 4.78 is 0. The topological polar surface area (TPSA) is 70.9 Å². The van der Waals surface area contributed by atoms with Crippen molar-refractivity contribution >= 4 is 29.3 Å². The lowest BCUT2D eigenvalue weighted by molar-refractivity contribution is -0.117. The molecule has 1 aromatic carbocycles. The quantitative estimate of drug-likeness (QED) is 0.848. The normalized spacial score (nSPS) is 17.8. The number of amides is 2. The van der Waals surface area contributed by atoms with Crippen LogP contribution in [0, 0.1) is 0 Å². The number of anilines is 1. The lowest BCUT2D eigenvalue weighted by Crippen LogP contribution is -2.25. The fraction of sp³-hybridized carbons (Fsp3) is 0.167. The molecule has 0 aromatic heterocycles. The zero-order valence-electron chi connectivity index (χ0n) is 9.66. The highest BCUT2D eigenvalue weighted by atomic mass is 32.2. The predicted molar refractivity (Wildman–Crippen MR) is 69.6 cm³/mol. The molecule has 1 aliphatic heterocycles. The minimum absolute atomic E-state index is 0.305. The molecule has 0 saturated carbocycles. The van der Waals surface area contributed by atoms with Crippen molar-refractivity contribution in [2.24, 2.45) is 10.2 Å². The first-order valence-corrected chi connectivity index (χ1v) is 6.49. The summed E-state index contributed by atoms with van der Waals surface area (Å²) in [7, 11) is 0. The van der Waals surface area contributed by atoms with Crippen LogP contribution >= 0.6 is 11.8 Å². The molecular weight excluding hydrogens is 250 g/mol. The van der Waals surface area contributed by atoms with Crippen molar-refractivity contribution in [3.05, 3.63) is 36.4 Å². The van der Waals surface area contributed by atoms with Gasteiger partial charge in [-0.25, -0.2) is 0 Å². The summed E-state index contributed by atoms with van der Waals surface area (Å²) in [5, 5.41) is 9.70. The minimum Gasteiger partial charge on any atom is -0.324 e. The molecule has 92 valence electrons. The second-order valence-electron chi connectivity index (χ2n) is 3.58. The van der Waals surface area contributed by atoms with Gasteiger partial charge >= 0.3 is 0 Å². The highest BCUT2D eigenvalue weighted by Crippen LogP contribution is 2.19. The molecule has 1 unspecified atom stereocenters. The molecule has 0 saturated heterocycles. The van der Waals surface area contributed by atoms with Crippen LogP contribution in [0.3, 0.4) is 0 Å². The van der Waals surface area contributed by atoms with Gasteiger partial charge in [-0.2, -0.15) is 5.11 Å². The van der Waals surface area contributed by atoms with Gasteiger partial charge in [0, 0.05) is 16.7 Å². The van der Waals surface area contributed by atoms with E-state index >= 15 is 0 Å². The molecule has 1 aromatic rings. The van der Waals surface area contributed by atoms with Crippen LogP contribution in [0.4, 0.5) is 5.69 Å². The van der Waals surface area contributed by atoms with E-state index in [1.54, 1.807) is 17.8 Å². The van der Waals surface area contributed by atoms with Gasteiger partial charge in [-0.3, -0.25) is 9.59 Å². The molecule has 0 spiro atoms. The smallest absolute Gasteiger partial charge is 0.287 e. The Morgan fingerprint density at radius 2 is 2.28 bits per heavy atom. The molecule has 1 heterocycles. The van der Waals surface area contributed by atoms with E-state index in [4.69, 9.17) is 0 Å². The predicted octanol–water partition coefficient (Wildman–Crippen LogP) is 2.26. The maximum absolute atomic E-state index is 11.8. The number of carbonyl (C=O) groups excluding carboxylic acids is 2. The van der Waals surface area contributed by atoms with Crippen LogP contribution < -0.4 is 5.32 Å². The molecule has 0 bridgehead atoms. The van der Waals surface area contributed by atoms with Crippen LogP contribution in [0.25, 0.3) is 0 Å². The Kier molecular flexibility index (Phi) is 3.88. The molecule has 1 atom stereocenters. The average Bonchev–Trinajstić information content (AvgIpc) is 2.39. The third-order valence-electron chi connectivity index (χ3n) is 2.31. The summed E-state index contributed by atoms with van der Waals surface area (Å²) >= 11 is 1.59. The molecule has 5 nitrogen and oxygen atoms in total. The summed E-state index contributed by atoms with van der Waals surface area (Å²) in [5.41, 5.74) is 0.701. The van der Waals surface area contributed by atoms with E-state index in [2.05, 4.69) is 15.5 Å². The summed E-state index contributed by atoms with van der Waals surface area (Å²) in [6, 6.07) is 6.76. The zero-order chi connectivity index (χ0) is 13.0. The molecule has 2 amide bonds. The Bertz CT molecular complexity index is 524. The van der Waals surface area contributed by atoms with Gasteiger partial charge in [0.25, 0.3) is 11.8 Å². The van der Waals surface area contributed by atoms with Crippen LogP contribution in [0.1, 0.15) is 0 Å². The Morgan fingerprint density at radius 3 is 2.94 bits per heavy atom. The van der Waals surface area contributed by atoms with Crippen molar-refractivity contribution in [2.45, 2.75) is 10.9 Å². The van der Waals surface area contributed by atoms with Crippen LogP contribution in [-0.4, -0.2) is 24.1 Å². The van der Waals surface area contributed by atoms with Crippen LogP contribution in [0.15, 0.2) is 51.5 Å². The van der Waals surface area contributed by atoms with E-state index in [1.807, 2.05) is 24.5 Å². The summed E-state index contributed by atoms with van der Waals surface area (Å²) in [6.07, 6.45) is 4.64. The average molecular weight is 261 g/mol. The van der Waals surface area contributed by atoms with Crippen LogP contribution in [0.2, 0.25) is 0 Å². The molecule has 1 N–H and O–H groups in total. The number of nitrogens with one attached hydrogen (secondary N) is 1. The third-order valence-corrected chi connectivity index (χ3v) is 3.03. The van der Waals surface area contributed by atoms with Crippen molar-refractivity contribution in [1.29, 1.82) is 0 Å². The highest BCUT2D eigenvalue weighted by Gasteiger charge is 2.18. The molecular formula is C12H11N3O2S. The lowest BCUT2D eigenvalue weighted by Gasteiger charge is -2.10. The van der Waals surface area contributed by atoms with E-state index in [1.165, 1.54) is 12.2 Å². The zero-order valence-corrected chi connectivity index (χ0v) is 10.5. The van der Waals surface area contributed by atoms with Crippen molar-refractivity contribution < 1.29 is 9.59 Å². The van der Waals surface area contributed by atoms with E-state index in [0.717, 1.165) is 4.90 Å². The molecule has 6 heteroatoms. The standard InChI is InChI=1S/C12H11N3O2S/c1-18-9-4-2-3-8(7-9)13-12(17)10-5-6-11(16)15-14-10/h2-7,10H,1H3,(H,13,17). The van der Waals surface area contributed by atoms with Gasteiger partial charge in [0.2, 0.25) is 0 Å². The monoisotopic (exact) mass is 261 g/mol. The summed E-state index contributed by atoms with van der Waals surface area (Å²) in [5.74, 6) is -0.746. The van der Waals surface area contributed by atoms with Crippen molar-refractivity contribution in [3.63, 3.8) is 0 Å². The first-order valence-electron chi connectivity index (χ1n) is 5.27. The minimum atomic E-state index is -0.736. The molecule has 0 radical (unpaired) electrons. The molecule has 1 aliphatic rings. The molecule has 0 fully saturated rings. The Hall–Kier alpha value is -1.95. The van der Waals surface area contributed by atoms with Gasteiger partial charge in [-0.1, -0.05) is 6.07 Å². The Morgan fingerprint density at radius 1 is 1.44 bits per heavy atom. The number of carbonyl (C=O) groups is 2. The van der Waals surface area contributed by atoms with Gasteiger partial charge in [-0.05, 0) is 30.5 Å². The van der Waals surface area contributed by atoms with Crippen LogP contribution in [-0.2, 0) is 9.59 Å². The van der Waals surface area contributed by atoms with Gasteiger partial charge in [-0.15, -0.1) is 16.9 Å². The summed E-state index contributed by atoms with van der Waals surface area (Å²) in [6.45, 7) is 0. The van der Waals surface area contributed by atoms with Gasteiger partial charge in [0.1, 0.15) is 0 Å². The van der Waals surface area contributed by atoms with E-state index in [9.17, 15) is 9.59 Å². The van der Waals surface area contributed by atoms with E-state index in [-0.39, 0.29) is 5.91 Å². The maximum Gasteiger partial charge on any atom is 0.287 e. The largest absolute Gasteiger partial charge is 0.324 e. The fourth-order valence-corrected chi connectivity index (χ4v) is 1.88. The number of nitrogens with zero attached hydrogens (tertiary/aromatic N) is 2. The third kappa shape index (κ3) is 3.04. The summed E-state index contributed by atoms with van der Waals surface area (Å²) in [4.78, 5) is 23.7. The second kappa shape index (κ2) is 5.59. The number of hydrogen-bond acceptors (Lipinski definition) is 4. The van der Waals surface area contributed by atoms with Gasteiger partial charge in [0.15, 0.2) is 6.04 Å². The number of rotatable bonds is 3. The van der Waals surface area contributed by atoms with Crippen molar-refractivity contribution in [1.82, 2.24) is 0 Å². The Labute approximate surface area is 108 Å². The first-order chi connectivity index (χ1) is 8.69. The van der Waals surface area contributed by atoms with Crippen molar-refractivity contribution in [2.75, 3.05) is 11.6 Å². The van der Waals surface area contributed by atoms with Crippen molar-refractivity contribution in [3.8, 4) is 0 Å². The van der Waals surface area contributed by atoms with Crippen LogP contribution in [0.5, 0.6) is 0 Å². The number of azo groups is 1. The highest BCUT2D eigenvalue weighted by molar-refractivity contribution is 7.98. The number of thioether (sulfide) groups is 1. The fourth-order valence-electron chi connectivity index (χ4n) is 1.42. The maximum atomic E-state index is 11.8. The van der Waals surface area contributed by atoms with E-state index < -0.39 is 11.9 Å². The molecule has 2 rings (SSSR count). The first kappa shape index (κ1) is 12.5. The second-order valence-corrected chi connectivity index (χ2v) is 4.46. The number of hydrogen-bond donors (Lipinski definition) is 1. The number of benzene rings is 1. The van der Waals surface area contributed by atoms with Gasteiger partial charge in [0.05, 0.1) is 0 Å². The molecule has 18 heavy (non-hydrogen) atoms. The SMILES string of the molecule is CSc1cccc(NC(=O)C2C=CC(=O)N=N2)c1. The van der Waals surface area contributed by atoms with Gasteiger partial charge < -0.3 is 5.32 Å².